The Hall–Kier alpha value is -1.60. The van der Waals surface area contributed by atoms with Crippen molar-refractivity contribution < 1.29 is 4.79 Å². The maximum Gasteiger partial charge on any atom is 0.230 e. The molecule has 0 bridgehead atoms. The van der Waals surface area contributed by atoms with Gasteiger partial charge in [0, 0.05) is 6.54 Å². The summed E-state index contributed by atoms with van der Waals surface area (Å²) in [5.74, 6) is 0.994. The van der Waals surface area contributed by atoms with Gasteiger partial charge in [-0.3, -0.25) is 4.79 Å². The van der Waals surface area contributed by atoms with Crippen LogP contribution in [-0.2, 0) is 11.2 Å². The van der Waals surface area contributed by atoms with Crippen LogP contribution in [0.25, 0.3) is 0 Å². The van der Waals surface area contributed by atoms with Gasteiger partial charge in [0.1, 0.15) is 0 Å². The molecular weight excluding hydrogens is 352 g/mol. The molecule has 0 fully saturated rings. The van der Waals surface area contributed by atoms with Crippen molar-refractivity contribution in [3.63, 3.8) is 0 Å². The molecule has 1 aromatic carbocycles. The van der Waals surface area contributed by atoms with Gasteiger partial charge in [0.25, 0.3) is 0 Å². The first-order chi connectivity index (χ1) is 12.0. The Morgan fingerprint density at radius 2 is 1.92 bits per heavy atom. The van der Waals surface area contributed by atoms with Gasteiger partial charge < -0.3 is 10.6 Å². The summed E-state index contributed by atoms with van der Waals surface area (Å²) in [6.45, 7) is 9.27. The number of aromatic nitrogens is 2. The summed E-state index contributed by atoms with van der Waals surface area (Å²) in [6, 6.07) is 8.49. The van der Waals surface area contributed by atoms with E-state index in [0.717, 1.165) is 28.0 Å². The van der Waals surface area contributed by atoms with Crippen molar-refractivity contribution in [2.45, 2.75) is 44.5 Å². The van der Waals surface area contributed by atoms with Crippen LogP contribution < -0.4 is 10.6 Å². The molecule has 1 amide bonds. The van der Waals surface area contributed by atoms with Gasteiger partial charge in [-0.1, -0.05) is 61.2 Å². The van der Waals surface area contributed by atoms with Crippen LogP contribution in [0.3, 0.4) is 0 Å². The van der Waals surface area contributed by atoms with Gasteiger partial charge in [-0.25, -0.2) is 0 Å². The molecule has 136 valence electrons. The summed E-state index contributed by atoms with van der Waals surface area (Å²) in [5, 5.41) is 15.0. The molecule has 1 aromatic heterocycles. The largest absolute Gasteiger partial charge is 0.360 e. The third kappa shape index (κ3) is 6.66. The van der Waals surface area contributed by atoms with Gasteiger partial charge in [-0.15, -0.1) is 10.2 Å². The second-order valence-electron chi connectivity index (χ2n) is 6.32. The Balaban J connectivity index is 1.80. The zero-order chi connectivity index (χ0) is 18.2. The smallest absolute Gasteiger partial charge is 0.230 e. The quantitative estimate of drug-likeness (QED) is 0.642. The van der Waals surface area contributed by atoms with Crippen LogP contribution in [0.5, 0.6) is 0 Å². The Morgan fingerprint density at radius 1 is 1.20 bits per heavy atom. The Labute approximate surface area is 158 Å². The van der Waals surface area contributed by atoms with Gasteiger partial charge >= 0.3 is 0 Å². The van der Waals surface area contributed by atoms with Crippen molar-refractivity contribution >= 4 is 34.1 Å². The first-order valence-corrected chi connectivity index (χ1v) is 10.4. The van der Waals surface area contributed by atoms with Crippen LogP contribution in [-0.4, -0.2) is 28.4 Å². The lowest BCUT2D eigenvalue weighted by Crippen LogP contribution is -2.28. The van der Waals surface area contributed by atoms with Crippen molar-refractivity contribution in [1.29, 1.82) is 0 Å². The van der Waals surface area contributed by atoms with E-state index in [-0.39, 0.29) is 11.9 Å². The van der Waals surface area contributed by atoms with Crippen LogP contribution in [0.15, 0.2) is 28.6 Å². The molecule has 2 N–H and O–H groups in total. The second-order valence-corrected chi connectivity index (χ2v) is 8.52. The predicted molar refractivity (Wildman–Crippen MR) is 106 cm³/mol. The highest BCUT2D eigenvalue weighted by Crippen LogP contribution is 2.25. The summed E-state index contributed by atoms with van der Waals surface area (Å²) in [5.41, 5.74) is 2.46. The maximum absolute atomic E-state index is 12.2. The average Bonchev–Trinajstić information content (AvgIpc) is 3.01. The Bertz CT molecular complexity index is 670. The van der Waals surface area contributed by atoms with Crippen molar-refractivity contribution in [3.8, 4) is 0 Å². The molecule has 1 heterocycles. The topological polar surface area (TPSA) is 66.9 Å². The SMILES string of the molecule is CCNc1nnc(SCC(=O)N[C@@H](C)c2ccc(CC(C)C)cc2)s1. The summed E-state index contributed by atoms with van der Waals surface area (Å²) in [4.78, 5) is 12.2. The summed E-state index contributed by atoms with van der Waals surface area (Å²) < 4.78 is 0.803. The molecule has 7 heteroatoms. The van der Waals surface area contributed by atoms with E-state index >= 15 is 0 Å². The normalized spacial score (nSPS) is 12.2. The number of hydrogen-bond acceptors (Lipinski definition) is 6. The molecule has 5 nitrogen and oxygen atoms in total. The van der Waals surface area contributed by atoms with Gasteiger partial charge in [0.15, 0.2) is 4.34 Å². The average molecular weight is 379 g/mol. The molecule has 0 radical (unpaired) electrons. The van der Waals surface area contributed by atoms with Gasteiger partial charge in [0.05, 0.1) is 11.8 Å². The molecule has 0 aliphatic rings. The fraction of sp³-hybridized carbons (Fsp3) is 0.500. The number of benzene rings is 1. The molecule has 0 unspecified atom stereocenters. The zero-order valence-corrected chi connectivity index (χ0v) is 16.8. The van der Waals surface area contributed by atoms with Crippen molar-refractivity contribution in [2.24, 2.45) is 5.92 Å². The van der Waals surface area contributed by atoms with Gasteiger partial charge in [-0.2, -0.15) is 0 Å². The van der Waals surface area contributed by atoms with Crippen molar-refractivity contribution in [3.05, 3.63) is 35.4 Å². The zero-order valence-electron chi connectivity index (χ0n) is 15.2. The van der Waals surface area contributed by atoms with Gasteiger partial charge in [-0.05, 0) is 37.3 Å². The standard InChI is InChI=1S/C18H26N4OS2/c1-5-19-17-21-22-18(25-17)24-11-16(23)20-13(4)15-8-6-14(7-9-15)10-12(2)3/h6-9,12-13H,5,10-11H2,1-4H3,(H,19,21)(H,20,23)/t13-/m0/s1. The van der Waals surface area contributed by atoms with Crippen LogP contribution in [0.1, 0.15) is 44.9 Å². The molecule has 0 saturated carbocycles. The van der Waals surface area contributed by atoms with E-state index in [1.165, 1.54) is 28.7 Å². The van der Waals surface area contributed by atoms with E-state index in [9.17, 15) is 4.79 Å². The fourth-order valence-electron chi connectivity index (χ4n) is 2.40. The molecule has 25 heavy (non-hydrogen) atoms. The number of thioether (sulfide) groups is 1. The Morgan fingerprint density at radius 3 is 2.56 bits per heavy atom. The highest BCUT2D eigenvalue weighted by atomic mass is 32.2. The highest BCUT2D eigenvalue weighted by Gasteiger charge is 2.12. The third-order valence-corrected chi connectivity index (χ3v) is 5.58. The fourth-order valence-corrected chi connectivity index (χ4v) is 4.03. The number of nitrogens with one attached hydrogen (secondary N) is 2. The van der Waals surface area contributed by atoms with E-state index in [4.69, 9.17) is 0 Å². The molecule has 2 rings (SSSR count). The second kappa shape index (κ2) is 9.77. The lowest BCUT2D eigenvalue weighted by atomic mass is 10.00. The summed E-state index contributed by atoms with van der Waals surface area (Å²) >= 11 is 2.89. The number of nitrogens with zero attached hydrogens (tertiary/aromatic N) is 2. The van der Waals surface area contributed by atoms with Crippen LogP contribution in [0.4, 0.5) is 5.13 Å². The van der Waals surface area contributed by atoms with Gasteiger partial charge in [0.2, 0.25) is 11.0 Å². The monoisotopic (exact) mass is 378 g/mol. The van der Waals surface area contributed by atoms with E-state index in [0.29, 0.717) is 11.7 Å². The van der Waals surface area contributed by atoms with Crippen LogP contribution >= 0.6 is 23.1 Å². The van der Waals surface area contributed by atoms with E-state index in [2.05, 4.69) is 58.9 Å². The molecule has 0 aliphatic carbocycles. The number of anilines is 1. The third-order valence-electron chi connectivity index (χ3n) is 3.56. The van der Waals surface area contributed by atoms with Crippen molar-refractivity contribution in [1.82, 2.24) is 15.5 Å². The van der Waals surface area contributed by atoms with Crippen LogP contribution in [0, 0.1) is 5.92 Å². The number of amides is 1. The lowest BCUT2D eigenvalue weighted by Gasteiger charge is -2.15. The molecule has 0 saturated heterocycles. The van der Waals surface area contributed by atoms with E-state index < -0.39 is 0 Å². The minimum Gasteiger partial charge on any atom is -0.360 e. The molecular formula is C18H26N4OS2. The minimum atomic E-state index is -0.00654. The number of carbonyl (C=O) groups is 1. The molecule has 0 spiro atoms. The van der Waals surface area contributed by atoms with E-state index in [1.807, 2.05) is 13.8 Å². The summed E-state index contributed by atoms with van der Waals surface area (Å²) in [6.07, 6.45) is 1.08. The maximum atomic E-state index is 12.2. The first-order valence-electron chi connectivity index (χ1n) is 8.56. The molecule has 2 aromatic rings. The number of carbonyl (C=O) groups excluding carboxylic acids is 1. The summed E-state index contributed by atoms with van der Waals surface area (Å²) in [7, 11) is 0. The van der Waals surface area contributed by atoms with Crippen LogP contribution in [0.2, 0.25) is 0 Å². The van der Waals surface area contributed by atoms with Crippen molar-refractivity contribution in [2.75, 3.05) is 17.6 Å². The molecule has 1 atom stereocenters. The highest BCUT2D eigenvalue weighted by molar-refractivity contribution is 8.01. The lowest BCUT2D eigenvalue weighted by molar-refractivity contribution is -0.119. The number of rotatable bonds is 9. The van der Waals surface area contributed by atoms with E-state index in [1.54, 1.807) is 0 Å². The minimum absolute atomic E-state index is 0.00366. The number of hydrogen-bond donors (Lipinski definition) is 2. The molecule has 0 aliphatic heterocycles. The Kier molecular flexibility index (Phi) is 7.71. The predicted octanol–water partition coefficient (Wildman–Crippen LogP) is 4.14. The first kappa shape index (κ1) is 19.7.